The largest absolute Gasteiger partial charge is 0.379 e. The van der Waals surface area contributed by atoms with Crippen molar-refractivity contribution in [3.05, 3.63) is 47.3 Å². The summed E-state index contributed by atoms with van der Waals surface area (Å²) in [6.45, 7) is 5.18. The summed E-state index contributed by atoms with van der Waals surface area (Å²) in [4.78, 5) is 21.2. The Morgan fingerprint density at radius 1 is 1.23 bits per heavy atom. The Bertz CT molecular complexity index is 674. The molecule has 22 heavy (non-hydrogen) atoms. The van der Waals surface area contributed by atoms with E-state index in [9.17, 15) is 4.79 Å². The smallest absolute Gasteiger partial charge is 0.251 e. The standard InChI is InChI=1S/C17H19N3O2/c1-11-8-12(2)19-16(18-11)13-4-3-5-14(9-13)17(21)20-15-6-7-22-10-15/h3-5,8-9,15H,6-7,10H2,1-2H3,(H,20,21)/t15-/m1/s1. The molecule has 1 N–H and O–H groups in total. The number of rotatable bonds is 3. The van der Waals surface area contributed by atoms with Crippen LogP contribution in [0.15, 0.2) is 30.3 Å². The number of aromatic nitrogens is 2. The van der Waals surface area contributed by atoms with Crippen molar-refractivity contribution in [2.45, 2.75) is 26.3 Å². The van der Waals surface area contributed by atoms with Crippen molar-refractivity contribution < 1.29 is 9.53 Å². The number of amides is 1. The highest BCUT2D eigenvalue weighted by atomic mass is 16.5. The number of nitrogens with one attached hydrogen (secondary N) is 1. The fraction of sp³-hybridized carbons (Fsp3) is 0.353. The van der Waals surface area contributed by atoms with E-state index in [2.05, 4.69) is 15.3 Å². The number of ether oxygens (including phenoxy) is 1. The first-order chi connectivity index (χ1) is 10.6. The highest BCUT2D eigenvalue weighted by molar-refractivity contribution is 5.95. The second-order valence-corrected chi connectivity index (χ2v) is 5.59. The number of hydrogen-bond donors (Lipinski definition) is 1. The van der Waals surface area contributed by atoms with Crippen LogP contribution >= 0.6 is 0 Å². The first kappa shape index (κ1) is 14.7. The maximum Gasteiger partial charge on any atom is 0.251 e. The molecular weight excluding hydrogens is 278 g/mol. The molecule has 0 saturated carbocycles. The molecule has 2 heterocycles. The van der Waals surface area contributed by atoms with Gasteiger partial charge in [0.05, 0.1) is 12.6 Å². The molecule has 1 aromatic heterocycles. The van der Waals surface area contributed by atoms with Crippen LogP contribution in [-0.4, -0.2) is 35.1 Å². The Morgan fingerprint density at radius 2 is 2.00 bits per heavy atom. The summed E-state index contributed by atoms with van der Waals surface area (Å²) in [6.07, 6.45) is 0.867. The molecule has 0 unspecified atom stereocenters. The van der Waals surface area contributed by atoms with Crippen LogP contribution in [0.4, 0.5) is 0 Å². The minimum atomic E-state index is -0.0817. The molecule has 0 radical (unpaired) electrons. The molecule has 1 aromatic carbocycles. The SMILES string of the molecule is Cc1cc(C)nc(-c2cccc(C(=O)N[C@@H]3CCOC3)c2)n1. The maximum atomic E-state index is 12.3. The van der Waals surface area contributed by atoms with Crippen molar-refractivity contribution in [1.29, 1.82) is 0 Å². The topological polar surface area (TPSA) is 64.1 Å². The van der Waals surface area contributed by atoms with Crippen LogP contribution in [-0.2, 0) is 4.74 Å². The van der Waals surface area contributed by atoms with Crippen LogP contribution < -0.4 is 5.32 Å². The van der Waals surface area contributed by atoms with Crippen LogP contribution in [0.5, 0.6) is 0 Å². The van der Waals surface area contributed by atoms with E-state index in [1.54, 1.807) is 6.07 Å². The minimum Gasteiger partial charge on any atom is -0.379 e. The quantitative estimate of drug-likeness (QED) is 0.944. The molecule has 0 spiro atoms. The molecule has 1 aliphatic rings. The molecular formula is C17H19N3O2. The van der Waals surface area contributed by atoms with Gasteiger partial charge in [0.25, 0.3) is 5.91 Å². The summed E-state index contributed by atoms with van der Waals surface area (Å²) in [6, 6.07) is 9.45. The third-order valence-corrected chi connectivity index (χ3v) is 3.63. The van der Waals surface area contributed by atoms with Crippen molar-refractivity contribution >= 4 is 5.91 Å². The summed E-state index contributed by atoms with van der Waals surface area (Å²) >= 11 is 0. The fourth-order valence-electron chi connectivity index (χ4n) is 2.57. The van der Waals surface area contributed by atoms with Gasteiger partial charge in [0.2, 0.25) is 0 Å². The van der Waals surface area contributed by atoms with Gasteiger partial charge in [-0.25, -0.2) is 9.97 Å². The van der Waals surface area contributed by atoms with Gasteiger partial charge in [0, 0.05) is 29.1 Å². The lowest BCUT2D eigenvalue weighted by atomic mass is 10.1. The second-order valence-electron chi connectivity index (χ2n) is 5.59. The maximum absolute atomic E-state index is 12.3. The molecule has 1 fully saturated rings. The van der Waals surface area contributed by atoms with Crippen molar-refractivity contribution in [3.8, 4) is 11.4 Å². The van der Waals surface area contributed by atoms with E-state index >= 15 is 0 Å². The van der Waals surface area contributed by atoms with E-state index in [4.69, 9.17) is 4.74 Å². The van der Waals surface area contributed by atoms with Crippen LogP contribution in [0.3, 0.4) is 0 Å². The third-order valence-electron chi connectivity index (χ3n) is 3.63. The van der Waals surface area contributed by atoms with Crippen molar-refractivity contribution in [2.75, 3.05) is 13.2 Å². The van der Waals surface area contributed by atoms with Crippen molar-refractivity contribution in [3.63, 3.8) is 0 Å². The lowest BCUT2D eigenvalue weighted by Crippen LogP contribution is -2.34. The van der Waals surface area contributed by atoms with E-state index in [1.165, 1.54) is 0 Å². The molecule has 5 nitrogen and oxygen atoms in total. The Kier molecular flexibility index (Phi) is 4.15. The lowest BCUT2D eigenvalue weighted by Gasteiger charge is -2.11. The third kappa shape index (κ3) is 3.31. The second kappa shape index (κ2) is 6.23. The first-order valence-corrected chi connectivity index (χ1v) is 7.43. The summed E-state index contributed by atoms with van der Waals surface area (Å²) in [7, 11) is 0. The highest BCUT2D eigenvalue weighted by Crippen LogP contribution is 2.18. The van der Waals surface area contributed by atoms with Gasteiger partial charge in [-0.05, 0) is 38.5 Å². The molecule has 1 atom stereocenters. The Labute approximate surface area is 129 Å². The average Bonchev–Trinajstić information content (AvgIpc) is 2.99. The van der Waals surface area contributed by atoms with Gasteiger partial charge >= 0.3 is 0 Å². The predicted octanol–water partition coefficient (Wildman–Crippen LogP) is 2.28. The van der Waals surface area contributed by atoms with E-state index < -0.39 is 0 Å². The molecule has 0 aliphatic carbocycles. The number of nitrogens with zero attached hydrogens (tertiary/aromatic N) is 2. The van der Waals surface area contributed by atoms with Crippen LogP contribution in [0.2, 0.25) is 0 Å². The zero-order chi connectivity index (χ0) is 15.5. The Morgan fingerprint density at radius 3 is 2.68 bits per heavy atom. The molecule has 1 saturated heterocycles. The van der Waals surface area contributed by atoms with E-state index in [0.717, 1.165) is 23.4 Å². The van der Waals surface area contributed by atoms with E-state index in [-0.39, 0.29) is 11.9 Å². The number of benzene rings is 1. The van der Waals surface area contributed by atoms with Crippen molar-refractivity contribution in [1.82, 2.24) is 15.3 Å². The molecule has 0 bridgehead atoms. The van der Waals surface area contributed by atoms with E-state index in [0.29, 0.717) is 24.6 Å². The minimum absolute atomic E-state index is 0.0817. The van der Waals surface area contributed by atoms with Gasteiger partial charge in [-0.3, -0.25) is 4.79 Å². The summed E-state index contributed by atoms with van der Waals surface area (Å²) in [5.74, 6) is 0.568. The van der Waals surface area contributed by atoms with E-state index in [1.807, 2.05) is 38.1 Å². The Hall–Kier alpha value is -2.27. The molecule has 114 valence electrons. The van der Waals surface area contributed by atoms with Crippen LogP contribution in [0.1, 0.15) is 28.2 Å². The normalized spacial score (nSPS) is 17.5. The zero-order valence-electron chi connectivity index (χ0n) is 12.8. The molecule has 3 rings (SSSR count). The van der Waals surface area contributed by atoms with Gasteiger partial charge in [-0.2, -0.15) is 0 Å². The summed E-state index contributed by atoms with van der Waals surface area (Å²) < 4.78 is 5.28. The monoisotopic (exact) mass is 297 g/mol. The summed E-state index contributed by atoms with van der Waals surface area (Å²) in [5.41, 5.74) is 3.30. The Balaban J connectivity index is 1.83. The summed E-state index contributed by atoms with van der Waals surface area (Å²) in [5, 5.41) is 2.99. The van der Waals surface area contributed by atoms with Gasteiger partial charge < -0.3 is 10.1 Å². The van der Waals surface area contributed by atoms with Gasteiger partial charge in [0.15, 0.2) is 5.82 Å². The number of hydrogen-bond acceptors (Lipinski definition) is 4. The first-order valence-electron chi connectivity index (χ1n) is 7.43. The van der Waals surface area contributed by atoms with Gasteiger partial charge in [-0.15, -0.1) is 0 Å². The lowest BCUT2D eigenvalue weighted by molar-refractivity contribution is 0.0930. The highest BCUT2D eigenvalue weighted by Gasteiger charge is 2.18. The number of aryl methyl sites for hydroxylation is 2. The van der Waals surface area contributed by atoms with Gasteiger partial charge in [-0.1, -0.05) is 12.1 Å². The number of carbonyl (C=O) groups excluding carboxylic acids is 1. The average molecular weight is 297 g/mol. The van der Waals surface area contributed by atoms with Crippen LogP contribution in [0, 0.1) is 13.8 Å². The fourth-order valence-corrected chi connectivity index (χ4v) is 2.57. The molecule has 5 heteroatoms. The van der Waals surface area contributed by atoms with Crippen LogP contribution in [0.25, 0.3) is 11.4 Å². The molecule has 1 aliphatic heterocycles. The van der Waals surface area contributed by atoms with Crippen molar-refractivity contribution in [2.24, 2.45) is 0 Å². The van der Waals surface area contributed by atoms with Gasteiger partial charge in [0.1, 0.15) is 0 Å². The molecule has 1 amide bonds. The predicted molar refractivity (Wildman–Crippen MR) is 83.6 cm³/mol. The number of carbonyl (C=O) groups is 1. The zero-order valence-corrected chi connectivity index (χ0v) is 12.8. The molecule has 2 aromatic rings.